The predicted molar refractivity (Wildman–Crippen MR) is 225 cm³/mol. The molecule has 0 aromatic heterocycles. The number of carbonyl (C=O) groups excluding carboxylic acids is 2. The van der Waals surface area contributed by atoms with E-state index in [1.807, 2.05) is 21.1 Å². The van der Waals surface area contributed by atoms with Gasteiger partial charge in [0.2, 0.25) is 0 Å². The van der Waals surface area contributed by atoms with E-state index >= 15 is 0 Å². The predicted octanol–water partition coefficient (Wildman–Crippen LogP) is 11.9. The van der Waals surface area contributed by atoms with Gasteiger partial charge in [-0.2, -0.15) is 10.2 Å². The Morgan fingerprint density at radius 2 is 0.964 bits per heavy atom. The van der Waals surface area contributed by atoms with Crippen LogP contribution in [0.2, 0.25) is 0 Å². The molecule has 0 bridgehead atoms. The highest BCUT2D eigenvalue weighted by Crippen LogP contribution is 2.39. The third kappa shape index (κ3) is 33.6. The summed E-state index contributed by atoms with van der Waals surface area (Å²) in [6.07, 6.45) is 34.1. The van der Waals surface area contributed by atoms with Crippen LogP contribution < -0.4 is 4.89 Å². The summed E-state index contributed by atoms with van der Waals surface area (Å²) < 4.78 is 34.0. The average Bonchev–Trinajstić information content (AvgIpc) is 3.92. The molecule has 1 aliphatic heterocycles. The molecule has 12 heteroatoms. The van der Waals surface area contributed by atoms with Crippen molar-refractivity contribution in [3.8, 4) is 0 Å². The number of quaternary nitrogens is 1. The standard InChI is InChI=1S/C44H86N3O8P/c1-6-8-10-12-14-16-18-19-20-21-22-23-25-27-29-33-42(48)52-39-41(40-54-56(50,51)53-38-37-47(3,4)5)55-43(49)34-30-32-36-44(45-46-44)35-31-28-26-24-17-15-13-11-9-7-2/h41H,6-40H2,1-5H3. The maximum Gasteiger partial charge on any atom is 0.306 e. The van der Waals surface area contributed by atoms with Crippen molar-refractivity contribution in [3.05, 3.63) is 0 Å². The highest BCUT2D eigenvalue weighted by atomic mass is 31.2. The van der Waals surface area contributed by atoms with Gasteiger partial charge in [-0.3, -0.25) is 14.2 Å². The monoisotopic (exact) mass is 816 g/mol. The number of likely N-dealkylation sites (N-methyl/N-ethyl adjacent to an activating group) is 1. The number of rotatable bonds is 42. The number of phosphoric ester groups is 1. The van der Waals surface area contributed by atoms with Gasteiger partial charge < -0.3 is 27.9 Å². The summed E-state index contributed by atoms with van der Waals surface area (Å²) in [5, 5.41) is 8.67. The molecule has 56 heavy (non-hydrogen) atoms. The maximum absolute atomic E-state index is 12.8. The molecule has 11 nitrogen and oxygen atoms in total. The number of carbonyl (C=O) groups is 2. The second-order valence-electron chi connectivity index (χ2n) is 17.4. The van der Waals surface area contributed by atoms with Crippen molar-refractivity contribution in [1.82, 2.24) is 0 Å². The number of nitrogens with zero attached hydrogens (tertiary/aromatic N) is 3. The average molecular weight is 816 g/mol. The molecule has 2 unspecified atom stereocenters. The van der Waals surface area contributed by atoms with Crippen LogP contribution in [0.3, 0.4) is 0 Å². The minimum absolute atomic E-state index is 0.0395. The van der Waals surface area contributed by atoms with Gasteiger partial charge >= 0.3 is 11.9 Å². The first-order valence-electron chi connectivity index (χ1n) is 23.1. The third-order valence-electron chi connectivity index (χ3n) is 10.7. The molecule has 0 spiro atoms. The number of phosphoric acid groups is 1. The van der Waals surface area contributed by atoms with Crippen molar-refractivity contribution in [2.45, 2.75) is 225 Å². The van der Waals surface area contributed by atoms with Gasteiger partial charge in [0.25, 0.3) is 7.82 Å². The van der Waals surface area contributed by atoms with Gasteiger partial charge in [0.05, 0.1) is 27.7 Å². The summed E-state index contributed by atoms with van der Waals surface area (Å²) in [5.41, 5.74) is -0.275. The Labute approximate surface area is 343 Å². The molecule has 0 aliphatic carbocycles. The van der Waals surface area contributed by atoms with Crippen molar-refractivity contribution < 1.29 is 42.1 Å². The second kappa shape index (κ2) is 33.4. The first-order chi connectivity index (χ1) is 26.9. The minimum Gasteiger partial charge on any atom is -0.756 e. The van der Waals surface area contributed by atoms with Crippen LogP contribution in [0.15, 0.2) is 10.2 Å². The lowest BCUT2D eigenvalue weighted by molar-refractivity contribution is -0.870. The van der Waals surface area contributed by atoms with Crippen molar-refractivity contribution in [3.63, 3.8) is 0 Å². The third-order valence-corrected chi connectivity index (χ3v) is 11.6. The number of ether oxygens (including phenoxy) is 2. The van der Waals surface area contributed by atoms with Gasteiger partial charge in [0, 0.05) is 12.8 Å². The lowest BCUT2D eigenvalue weighted by atomic mass is 9.98. The van der Waals surface area contributed by atoms with E-state index in [1.165, 1.54) is 135 Å². The number of unbranched alkanes of at least 4 members (excludes halogenated alkanes) is 24. The fourth-order valence-corrected chi connectivity index (χ4v) is 7.60. The molecule has 0 fully saturated rings. The molecule has 0 N–H and O–H groups in total. The maximum atomic E-state index is 12.8. The summed E-state index contributed by atoms with van der Waals surface area (Å²) >= 11 is 0. The summed E-state index contributed by atoms with van der Waals surface area (Å²) in [5.74, 6) is -0.882. The van der Waals surface area contributed by atoms with Crippen LogP contribution in [-0.2, 0) is 32.7 Å². The zero-order valence-electron chi connectivity index (χ0n) is 36.9. The minimum atomic E-state index is -4.64. The Bertz CT molecular complexity index is 1050. The zero-order chi connectivity index (χ0) is 41.2. The number of esters is 2. The molecule has 0 saturated carbocycles. The molecule has 0 radical (unpaired) electrons. The van der Waals surface area contributed by atoms with Gasteiger partial charge in [-0.25, -0.2) is 0 Å². The van der Waals surface area contributed by atoms with Crippen LogP contribution in [-0.4, -0.2) is 75.7 Å². The largest absolute Gasteiger partial charge is 0.756 e. The summed E-state index contributed by atoms with van der Waals surface area (Å²) in [4.78, 5) is 37.8. The Balaban J connectivity index is 2.32. The molecule has 2 atom stereocenters. The highest BCUT2D eigenvalue weighted by molar-refractivity contribution is 7.45. The highest BCUT2D eigenvalue weighted by Gasteiger charge is 2.38. The van der Waals surface area contributed by atoms with Gasteiger partial charge in [0.15, 0.2) is 11.8 Å². The van der Waals surface area contributed by atoms with Gasteiger partial charge in [-0.05, 0) is 38.5 Å². The first kappa shape index (κ1) is 52.6. The molecule has 1 rings (SSSR count). The van der Waals surface area contributed by atoms with Crippen LogP contribution in [0.5, 0.6) is 0 Å². The fourth-order valence-electron chi connectivity index (χ4n) is 6.87. The molecular formula is C44H86N3O8P. The quantitative estimate of drug-likeness (QED) is 0.0257. The fraction of sp³-hybridized carbons (Fsp3) is 0.955. The Morgan fingerprint density at radius 3 is 1.41 bits per heavy atom. The first-order valence-corrected chi connectivity index (χ1v) is 24.6. The van der Waals surface area contributed by atoms with Gasteiger partial charge in [-0.1, -0.05) is 162 Å². The van der Waals surface area contributed by atoms with Crippen molar-refractivity contribution in [1.29, 1.82) is 0 Å². The van der Waals surface area contributed by atoms with E-state index in [1.54, 1.807) is 0 Å². The van der Waals surface area contributed by atoms with Crippen molar-refractivity contribution in [2.75, 3.05) is 47.5 Å². The van der Waals surface area contributed by atoms with Crippen LogP contribution in [0.4, 0.5) is 0 Å². The van der Waals surface area contributed by atoms with Gasteiger partial charge in [0.1, 0.15) is 19.8 Å². The smallest absolute Gasteiger partial charge is 0.306 e. The summed E-state index contributed by atoms with van der Waals surface area (Å²) in [7, 11) is 1.14. The van der Waals surface area contributed by atoms with E-state index in [2.05, 4.69) is 24.1 Å². The van der Waals surface area contributed by atoms with E-state index in [9.17, 15) is 19.0 Å². The van der Waals surface area contributed by atoms with Crippen LogP contribution in [0.1, 0.15) is 213 Å². The topological polar surface area (TPSA) is 136 Å². The molecule has 0 saturated heterocycles. The second-order valence-corrected chi connectivity index (χ2v) is 18.8. The lowest BCUT2D eigenvalue weighted by Gasteiger charge is -2.28. The SMILES string of the molecule is CCCCCCCCCCCCCCCCCC(=O)OCC(COP(=O)([O-])OCC[N+](C)(C)C)OC(=O)CCCCC1(CCCCCCCCCCCC)N=N1. The molecule has 1 heterocycles. The molecular weight excluding hydrogens is 729 g/mol. The molecule has 1 aliphatic rings. The summed E-state index contributed by atoms with van der Waals surface area (Å²) in [6.45, 7) is 4.18. The molecule has 0 aromatic rings. The Hall–Kier alpha value is -1.39. The number of hydrogen-bond acceptors (Lipinski definition) is 10. The summed E-state index contributed by atoms with van der Waals surface area (Å²) in [6, 6.07) is 0. The number of hydrogen-bond donors (Lipinski definition) is 0. The molecule has 0 amide bonds. The molecule has 330 valence electrons. The lowest BCUT2D eigenvalue weighted by Crippen LogP contribution is -2.37. The van der Waals surface area contributed by atoms with Crippen LogP contribution in [0, 0.1) is 0 Å². The van der Waals surface area contributed by atoms with Gasteiger partial charge in [-0.15, -0.1) is 0 Å². The van der Waals surface area contributed by atoms with E-state index in [4.69, 9.17) is 18.5 Å². The van der Waals surface area contributed by atoms with Crippen LogP contribution in [0.25, 0.3) is 0 Å². The molecule has 0 aromatic carbocycles. The van der Waals surface area contributed by atoms with Crippen LogP contribution >= 0.6 is 7.82 Å². The van der Waals surface area contributed by atoms with E-state index in [0.717, 1.165) is 44.9 Å². The normalized spacial score (nSPS) is 15.1. The van der Waals surface area contributed by atoms with E-state index < -0.39 is 32.5 Å². The zero-order valence-corrected chi connectivity index (χ0v) is 37.8. The van der Waals surface area contributed by atoms with E-state index in [-0.39, 0.29) is 31.7 Å². The Kier molecular flexibility index (Phi) is 31.4. The van der Waals surface area contributed by atoms with E-state index in [0.29, 0.717) is 17.4 Å². The van der Waals surface area contributed by atoms with Crippen molar-refractivity contribution in [2.24, 2.45) is 10.2 Å². The Morgan fingerprint density at radius 1 is 0.571 bits per heavy atom. The van der Waals surface area contributed by atoms with Crippen molar-refractivity contribution >= 4 is 19.8 Å².